The van der Waals surface area contributed by atoms with Gasteiger partial charge in [-0.15, -0.1) is 0 Å². The zero-order valence-corrected chi connectivity index (χ0v) is 14.2. The Morgan fingerprint density at radius 2 is 1.84 bits per heavy atom. The Morgan fingerprint density at radius 3 is 2.56 bits per heavy atom. The fourth-order valence-corrected chi connectivity index (χ4v) is 4.96. The lowest BCUT2D eigenvalue weighted by molar-refractivity contribution is 0.0697. The van der Waals surface area contributed by atoms with E-state index in [0.717, 1.165) is 25.7 Å². The summed E-state index contributed by atoms with van der Waals surface area (Å²) < 4.78 is 18.5. The van der Waals surface area contributed by atoms with Crippen LogP contribution < -0.4 is 5.43 Å². The van der Waals surface area contributed by atoms with Crippen LogP contribution in [0.25, 0.3) is 21.9 Å². The first-order chi connectivity index (χ1) is 12.0. The van der Waals surface area contributed by atoms with Crippen molar-refractivity contribution in [1.82, 2.24) is 0 Å². The number of hydrogen-bond donors (Lipinski definition) is 1. The molecule has 1 fully saturated rings. The molecule has 4 rings (SSSR count). The topological polar surface area (TPSA) is 90.6 Å². The van der Waals surface area contributed by atoms with Gasteiger partial charge in [0.2, 0.25) is 5.43 Å². The van der Waals surface area contributed by atoms with Crippen molar-refractivity contribution in [2.45, 2.75) is 35.8 Å². The molecule has 25 heavy (non-hydrogen) atoms. The van der Waals surface area contributed by atoms with E-state index in [1.54, 1.807) is 18.2 Å². The van der Waals surface area contributed by atoms with Crippen molar-refractivity contribution in [2.24, 2.45) is 0 Å². The van der Waals surface area contributed by atoms with Gasteiger partial charge in [-0.25, -0.2) is 4.79 Å². The molecule has 1 aliphatic carbocycles. The smallest absolute Gasteiger partial charge is 0.335 e. The van der Waals surface area contributed by atoms with Gasteiger partial charge in [0, 0.05) is 6.07 Å². The summed E-state index contributed by atoms with van der Waals surface area (Å²) >= 11 is -1.10. The molecule has 1 saturated carbocycles. The first-order valence-corrected chi connectivity index (χ1v) is 9.40. The lowest BCUT2D eigenvalue weighted by Gasteiger charge is -2.16. The first kappa shape index (κ1) is 16.2. The maximum absolute atomic E-state index is 12.7. The Hall–Kier alpha value is -2.31. The highest BCUT2D eigenvalue weighted by atomic mass is 32.2. The van der Waals surface area contributed by atoms with Crippen LogP contribution >= 0.6 is 0 Å². The van der Waals surface area contributed by atoms with Crippen molar-refractivity contribution in [3.8, 4) is 0 Å². The fourth-order valence-electron chi connectivity index (χ4n) is 3.39. The second-order valence-corrected chi connectivity index (χ2v) is 8.04. The SMILES string of the molecule is O=C(O)c1ccc2oc3cc([S+]([O-])C4CCCC4)ccc3c(=O)c2c1. The predicted octanol–water partition coefficient (Wildman–Crippen LogP) is 3.69. The van der Waals surface area contributed by atoms with Gasteiger partial charge >= 0.3 is 5.97 Å². The number of benzene rings is 2. The minimum absolute atomic E-state index is 0.0399. The van der Waals surface area contributed by atoms with E-state index >= 15 is 0 Å². The third-order valence-electron chi connectivity index (χ3n) is 4.73. The molecule has 1 aliphatic rings. The highest BCUT2D eigenvalue weighted by molar-refractivity contribution is 7.92. The van der Waals surface area contributed by atoms with Crippen LogP contribution in [0.15, 0.2) is 50.5 Å². The normalized spacial score (nSPS) is 16.5. The van der Waals surface area contributed by atoms with Gasteiger partial charge in [-0.05, 0) is 67.2 Å². The molecule has 6 heteroatoms. The van der Waals surface area contributed by atoms with Crippen molar-refractivity contribution < 1.29 is 18.9 Å². The lowest BCUT2D eigenvalue weighted by atomic mass is 10.1. The minimum atomic E-state index is -1.10. The van der Waals surface area contributed by atoms with Crippen molar-refractivity contribution in [3.05, 3.63) is 52.2 Å². The molecule has 0 saturated heterocycles. The summed E-state index contributed by atoms with van der Waals surface area (Å²) in [7, 11) is 0. The van der Waals surface area contributed by atoms with Crippen molar-refractivity contribution >= 4 is 39.1 Å². The molecule has 0 spiro atoms. The van der Waals surface area contributed by atoms with Crippen molar-refractivity contribution in [2.75, 3.05) is 0 Å². The van der Waals surface area contributed by atoms with Crippen LogP contribution in [0, 0.1) is 0 Å². The standard InChI is InChI=1S/C19H16O5S/c20-18-14-7-6-13(25(23)12-3-1-2-4-12)10-17(14)24-16-8-5-11(19(21)22)9-15(16)18/h5-10,12H,1-4H2,(H,21,22). The van der Waals surface area contributed by atoms with E-state index in [9.17, 15) is 14.1 Å². The van der Waals surface area contributed by atoms with Gasteiger partial charge in [0.05, 0.1) is 16.3 Å². The van der Waals surface area contributed by atoms with E-state index in [0.29, 0.717) is 21.4 Å². The molecular weight excluding hydrogens is 340 g/mol. The molecule has 5 nitrogen and oxygen atoms in total. The summed E-state index contributed by atoms with van der Waals surface area (Å²) in [5.74, 6) is -1.09. The number of carbonyl (C=O) groups is 1. The van der Waals surface area contributed by atoms with Crippen LogP contribution in [0.4, 0.5) is 0 Å². The minimum Gasteiger partial charge on any atom is -0.611 e. The van der Waals surface area contributed by atoms with E-state index in [1.165, 1.54) is 18.2 Å². The summed E-state index contributed by atoms with van der Waals surface area (Å²) in [6.45, 7) is 0. The molecule has 1 atom stereocenters. The van der Waals surface area contributed by atoms with Gasteiger partial charge in [-0.3, -0.25) is 4.79 Å². The Kier molecular flexibility index (Phi) is 4.01. The maximum Gasteiger partial charge on any atom is 0.335 e. The van der Waals surface area contributed by atoms with E-state index < -0.39 is 17.1 Å². The average Bonchev–Trinajstić information content (AvgIpc) is 3.15. The quantitative estimate of drug-likeness (QED) is 0.571. The van der Waals surface area contributed by atoms with Crippen LogP contribution in [-0.4, -0.2) is 20.9 Å². The van der Waals surface area contributed by atoms with Crippen LogP contribution in [0.1, 0.15) is 36.0 Å². The third kappa shape index (κ3) is 2.81. The second kappa shape index (κ2) is 6.20. The largest absolute Gasteiger partial charge is 0.611 e. The molecule has 0 aliphatic heterocycles. The summed E-state index contributed by atoms with van der Waals surface area (Å²) in [6, 6.07) is 9.22. The zero-order valence-electron chi connectivity index (χ0n) is 13.4. The third-order valence-corrected chi connectivity index (χ3v) is 6.52. The van der Waals surface area contributed by atoms with Gasteiger partial charge < -0.3 is 14.1 Å². The molecular formula is C19H16O5S. The highest BCUT2D eigenvalue weighted by Crippen LogP contribution is 2.31. The Morgan fingerprint density at radius 1 is 1.08 bits per heavy atom. The highest BCUT2D eigenvalue weighted by Gasteiger charge is 2.28. The number of carboxylic acid groups (broad SMARTS) is 1. The molecule has 1 unspecified atom stereocenters. The average molecular weight is 356 g/mol. The van der Waals surface area contributed by atoms with E-state index in [2.05, 4.69) is 0 Å². The van der Waals surface area contributed by atoms with Gasteiger partial charge in [0.1, 0.15) is 16.4 Å². The van der Waals surface area contributed by atoms with Crippen LogP contribution in [0.2, 0.25) is 0 Å². The molecule has 128 valence electrons. The molecule has 0 bridgehead atoms. The lowest BCUT2D eigenvalue weighted by Crippen LogP contribution is -2.18. The summed E-state index contributed by atoms with van der Waals surface area (Å²) in [5, 5.41) is 9.85. The van der Waals surface area contributed by atoms with Crippen LogP contribution in [-0.2, 0) is 11.2 Å². The number of carboxylic acids is 1. The molecule has 0 radical (unpaired) electrons. The summed E-state index contributed by atoms with van der Waals surface area (Å²) in [5.41, 5.74) is 0.464. The Balaban J connectivity index is 1.85. The first-order valence-electron chi connectivity index (χ1n) is 8.19. The van der Waals surface area contributed by atoms with Gasteiger partial charge in [0.15, 0.2) is 4.90 Å². The van der Waals surface area contributed by atoms with Crippen molar-refractivity contribution in [3.63, 3.8) is 0 Å². The van der Waals surface area contributed by atoms with Gasteiger partial charge in [-0.2, -0.15) is 0 Å². The molecule has 2 aromatic carbocycles. The predicted molar refractivity (Wildman–Crippen MR) is 95.6 cm³/mol. The van der Waals surface area contributed by atoms with Gasteiger partial charge in [0.25, 0.3) is 0 Å². The second-order valence-electron chi connectivity index (χ2n) is 6.31. The number of rotatable bonds is 3. The molecule has 1 heterocycles. The zero-order chi connectivity index (χ0) is 17.6. The monoisotopic (exact) mass is 356 g/mol. The van der Waals surface area contributed by atoms with Crippen molar-refractivity contribution in [1.29, 1.82) is 0 Å². The van der Waals surface area contributed by atoms with Crippen LogP contribution in [0.3, 0.4) is 0 Å². The van der Waals surface area contributed by atoms with Crippen LogP contribution in [0.5, 0.6) is 0 Å². The number of aromatic carboxylic acids is 1. The van der Waals surface area contributed by atoms with E-state index in [4.69, 9.17) is 9.52 Å². The molecule has 1 aromatic heterocycles. The molecule has 3 aromatic rings. The maximum atomic E-state index is 12.7. The summed E-state index contributed by atoms with van der Waals surface area (Å²) in [6.07, 6.45) is 4.14. The van der Waals surface area contributed by atoms with Gasteiger partial charge in [-0.1, -0.05) is 0 Å². The molecule has 1 N–H and O–H groups in total. The van der Waals surface area contributed by atoms with E-state index in [-0.39, 0.29) is 21.6 Å². The molecule has 0 amide bonds. The Bertz CT molecular complexity index is 1030. The summed E-state index contributed by atoms with van der Waals surface area (Å²) in [4.78, 5) is 24.4. The fraction of sp³-hybridized carbons (Fsp3) is 0.263. The number of hydrogen-bond acceptors (Lipinski definition) is 4. The Labute approximate surface area is 146 Å². The number of fused-ring (bicyclic) bond motifs is 2. The van der Waals surface area contributed by atoms with E-state index in [1.807, 2.05) is 0 Å².